The Morgan fingerprint density at radius 2 is 2.00 bits per heavy atom. The van der Waals surface area contributed by atoms with Crippen LogP contribution in [0.25, 0.3) is 10.9 Å². The molecule has 1 N–H and O–H groups in total. The number of carbonyl (C=O) groups excluding carboxylic acids is 1. The number of halogens is 1. The first kappa shape index (κ1) is 16.4. The summed E-state index contributed by atoms with van der Waals surface area (Å²) in [5.41, 5.74) is 2.47. The second-order valence-corrected chi connectivity index (χ2v) is 6.98. The van der Waals surface area contributed by atoms with E-state index in [0.29, 0.717) is 11.8 Å². The Morgan fingerprint density at radius 3 is 2.65 bits per heavy atom. The number of likely N-dealkylation sites (tertiary alicyclic amines) is 1. The summed E-state index contributed by atoms with van der Waals surface area (Å²) in [4.78, 5) is 17.9. The van der Waals surface area contributed by atoms with Crippen molar-refractivity contribution in [3.05, 3.63) is 35.0 Å². The van der Waals surface area contributed by atoms with Crippen molar-refractivity contribution in [2.24, 2.45) is 5.92 Å². The number of fused-ring (bicyclic) bond motifs is 1. The fourth-order valence-corrected chi connectivity index (χ4v) is 3.94. The predicted molar refractivity (Wildman–Crippen MR) is 95.9 cm³/mol. The molecule has 1 amide bonds. The summed E-state index contributed by atoms with van der Waals surface area (Å²) < 4.78 is 0. The smallest absolute Gasteiger partial charge is 0.225 e. The fourth-order valence-electron chi connectivity index (χ4n) is 3.77. The summed E-state index contributed by atoms with van der Waals surface area (Å²) in [6, 6.07) is 6.03. The van der Waals surface area contributed by atoms with E-state index in [1.807, 2.05) is 12.1 Å². The number of aromatic amines is 1. The second-order valence-electron chi connectivity index (χ2n) is 6.55. The lowest BCUT2D eigenvalue weighted by atomic mass is 9.88. The van der Waals surface area contributed by atoms with Gasteiger partial charge in [0.2, 0.25) is 5.91 Å². The van der Waals surface area contributed by atoms with Crippen LogP contribution in [0.3, 0.4) is 0 Å². The summed E-state index contributed by atoms with van der Waals surface area (Å²) in [7, 11) is 0. The molecule has 0 aliphatic carbocycles. The third-order valence-electron chi connectivity index (χ3n) is 5.26. The molecule has 1 aliphatic heterocycles. The molecule has 0 radical (unpaired) electrons. The van der Waals surface area contributed by atoms with Crippen molar-refractivity contribution in [1.29, 1.82) is 0 Å². The predicted octanol–water partition coefficient (Wildman–Crippen LogP) is 4.96. The van der Waals surface area contributed by atoms with Crippen LogP contribution in [0.1, 0.15) is 51.0 Å². The standard InChI is InChI=1S/C19H25ClN2O/c1-3-13(4-2)19(23)22-9-7-14(8-10-22)17-12-21-18-11-15(20)5-6-16(17)18/h5-6,11-14,21H,3-4,7-10H2,1-2H3. The zero-order valence-electron chi connectivity index (χ0n) is 13.9. The van der Waals surface area contributed by atoms with E-state index < -0.39 is 0 Å². The van der Waals surface area contributed by atoms with Gasteiger partial charge in [0.1, 0.15) is 0 Å². The highest BCUT2D eigenvalue weighted by Gasteiger charge is 2.28. The zero-order valence-corrected chi connectivity index (χ0v) is 14.7. The SMILES string of the molecule is CCC(CC)C(=O)N1CCC(c2c[nH]c3cc(Cl)ccc23)CC1. The average Bonchev–Trinajstić information content (AvgIpc) is 2.99. The number of amides is 1. The minimum atomic E-state index is 0.196. The number of nitrogens with one attached hydrogen (secondary N) is 1. The van der Waals surface area contributed by atoms with E-state index in [9.17, 15) is 4.79 Å². The van der Waals surface area contributed by atoms with Crippen LogP contribution in [0.15, 0.2) is 24.4 Å². The van der Waals surface area contributed by atoms with Gasteiger partial charge in [0, 0.05) is 41.1 Å². The Hall–Kier alpha value is -1.48. The van der Waals surface area contributed by atoms with Gasteiger partial charge in [0.15, 0.2) is 0 Å². The number of carbonyl (C=O) groups is 1. The topological polar surface area (TPSA) is 36.1 Å². The van der Waals surface area contributed by atoms with Crippen LogP contribution in [-0.2, 0) is 4.79 Å². The minimum absolute atomic E-state index is 0.196. The third-order valence-corrected chi connectivity index (χ3v) is 5.49. The van der Waals surface area contributed by atoms with E-state index in [2.05, 4.69) is 36.0 Å². The zero-order chi connectivity index (χ0) is 16.4. The van der Waals surface area contributed by atoms with Crippen LogP contribution in [0.4, 0.5) is 0 Å². The van der Waals surface area contributed by atoms with Crippen molar-refractivity contribution in [3.63, 3.8) is 0 Å². The summed E-state index contributed by atoms with van der Waals surface area (Å²) >= 11 is 6.06. The largest absolute Gasteiger partial charge is 0.361 e. The maximum absolute atomic E-state index is 12.5. The van der Waals surface area contributed by atoms with Crippen molar-refractivity contribution in [2.75, 3.05) is 13.1 Å². The van der Waals surface area contributed by atoms with Crippen molar-refractivity contribution < 1.29 is 4.79 Å². The maximum atomic E-state index is 12.5. The van der Waals surface area contributed by atoms with Crippen molar-refractivity contribution >= 4 is 28.4 Å². The normalized spacial score (nSPS) is 16.4. The van der Waals surface area contributed by atoms with Crippen molar-refractivity contribution in [1.82, 2.24) is 9.88 Å². The number of piperidine rings is 1. The van der Waals surface area contributed by atoms with Gasteiger partial charge in [-0.2, -0.15) is 0 Å². The quantitative estimate of drug-likeness (QED) is 0.843. The molecule has 0 spiro atoms. The molecule has 2 aromatic rings. The molecular weight excluding hydrogens is 308 g/mol. The molecule has 1 aromatic heterocycles. The molecule has 2 heterocycles. The molecule has 1 aliphatic rings. The van der Waals surface area contributed by atoms with E-state index in [1.54, 1.807) is 0 Å². The number of benzene rings is 1. The van der Waals surface area contributed by atoms with Gasteiger partial charge in [-0.25, -0.2) is 0 Å². The second kappa shape index (κ2) is 6.96. The summed E-state index contributed by atoms with van der Waals surface area (Å²) in [5.74, 6) is 1.07. The lowest BCUT2D eigenvalue weighted by Gasteiger charge is -2.34. The monoisotopic (exact) mass is 332 g/mol. The van der Waals surface area contributed by atoms with Crippen LogP contribution >= 0.6 is 11.6 Å². The van der Waals surface area contributed by atoms with Crippen LogP contribution in [0.2, 0.25) is 5.02 Å². The number of aromatic nitrogens is 1. The van der Waals surface area contributed by atoms with Crippen LogP contribution in [0.5, 0.6) is 0 Å². The van der Waals surface area contributed by atoms with Gasteiger partial charge in [-0.05, 0) is 49.3 Å². The van der Waals surface area contributed by atoms with Gasteiger partial charge < -0.3 is 9.88 Å². The minimum Gasteiger partial charge on any atom is -0.361 e. The molecule has 23 heavy (non-hydrogen) atoms. The first-order chi connectivity index (χ1) is 11.1. The van der Waals surface area contributed by atoms with Crippen molar-refractivity contribution in [2.45, 2.75) is 45.4 Å². The molecule has 1 saturated heterocycles. The van der Waals surface area contributed by atoms with Gasteiger partial charge in [0.25, 0.3) is 0 Å². The van der Waals surface area contributed by atoms with Crippen LogP contribution in [0, 0.1) is 5.92 Å². The third kappa shape index (κ3) is 3.25. The summed E-state index contributed by atoms with van der Waals surface area (Å²) in [5, 5.41) is 2.02. The van der Waals surface area contributed by atoms with E-state index in [0.717, 1.165) is 49.3 Å². The Kier molecular flexibility index (Phi) is 4.96. The Bertz CT molecular complexity index is 682. The van der Waals surface area contributed by atoms with E-state index in [4.69, 9.17) is 11.6 Å². The average molecular weight is 333 g/mol. The highest BCUT2D eigenvalue weighted by atomic mass is 35.5. The molecule has 3 nitrogen and oxygen atoms in total. The number of nitrogens with zero attached hydrogens (tertiary/aromatic N) is 1. The summed E-state index contributed by atoms with van der Waals surface area (Å²) in [6.07, 6.45) is 6.09. The molecule has 4 heteroatoms. The van der Waals surface area contributed by atoms with Crippen LogP contribution < -0.4 is 0 Å². The lowest BCUT2D eigenvalue weighted by Crippen LogP contribution is -2.41. The van der Waals surface area contributed by atoms with Gasteiger partial charge in [0.05, 0.1) is 0 Å². The Balaban J connectivity index is 1.70. The first-order valence-corrected chi connectivity index (χ1v) is 9.07. The number of H-pyrrole nitrogens is 1. The lowest BCUT2D eigenvalue weighted by molar-refractivity contribution is -0.136. The Morgan fingerprint density at radius 1 is 1.30 bits per heavy atom. The molecule has 0 bridgehead atoms. The number of rotatable bonds is 4. The maximum Gasteiger partial charge on any atom is 0.225 e. The summed E-state index contributed by atoms with van der Waals surface area (Å²) in [6.45, 7) is 5.96. The molecule has 124 valence electrons. The van der Waals surface area contributed by atoms with E-state index in [-0.39, 0.29) is 5.92 Å². The van der Waals surface area contributed by atoms with Gasteiger partial charge in [-0.3, -0.25) is 4.79 Å². The molecule has 0 atom stereocenters. The molecule has 0 saturated carbocycles. The van der Waals surface area contributed by atoms with Gasteiger partial charge in [-0.1, -0.05) is 31.5 Å². The first-order valence-electron chi connectivity index (χ1n) is 8.69. The number of hydrogen-bond donors (Lipinski definition) is 1. The van der Waals surface area contributed by atoms with E-state index >= 15 is 0 Å². The molecule has 0 unspecified atom stereocenters. The highest BCUT2D eigenvalue weighted by Crippen LogP contribution is 2.34. The van der Waals surface area contributed by atoms with Gasteiger partial charge in [-0.15, -0.1) is 0 Å². The fraction of sp³-hybridized carbons (Fsp3) is 0.526. The van der Waals surface area contributed by atoms with Crippen LogP contribution in [-0.4, -0.2) is 28.9 Å². The van der Waals surface area contributed by atoms with Crippen molar-refractivity contribution in [3.8, 4) is 0 Å². The Labute approximate surface area is 143 Å². The molecule has 1 fully saturated rings. The number of hydrogen-bond acceptors (Lipinski definition) is 1. The molecule has 1 aromatic carbocycles. The van der Waals surface area contributed by atoms with Gasteiger partial charge >= 0.3 is 0 Å². The molecule has 3 rings (SSSR count). The highest BCUT2D eigenvalue weighted by molar-refractivity contribution is 6.31. The van der Waals surface area contributed by atoms with E-state index in [1.165, 1.54) is 10.9 Å². The molecular formula is C19H25ClN2O.